The molecule has 2 aliphatic heterocycles. The van der Waals surface area contributed by atoms with Gasteiger partial charge in [0.2, 0.25) is 0 Å². The Kier molecular flexibility index (Phi) is 7.68. The van der Waals surface area contributed by atoms with Gasteiger partial charge in [0.15, 0.2) is 20.3 Å². The van der Waals surface area contributed by atoms with E-state index >= 15 is 0 Å². The fourth-order valence-electron chi connectivity index (χ4n) is 4.44. The molecule has 2 aliphatic rings. The number of methoxy groups -OCH3 is 1. The summed E-state index contributed by atoms with van der Waals surface area (Å²) in [6, 6.07) is 8.34. The van der Waals surface area contributed by atoms with Gasteiger partial charge in [-0.05, 0) is 49.7 Å². The Hall–Kier alpha value is -1.79. The van der Waals surface area contributed by atoms with Gasteiger partial charge in [-0.15, -0.1) is 0 Å². The minimum absolute atomic E-state index is 0.0189. The van der Waals surface area contributed by atoms with E-state index in [0.29, 0.717) is 22.9 Å². The number of halogens is 1. The van der Waals surface area contributed by atoms with Crippen molar-refractivity contribution in [3.63, 3.8) is 0 Å². The normalized spacial score (nSPS) is 25.4. The molecule has 0 unspecified atom stereocenters. The van der Waals surface area contributed by atoms with Crippen molar-refractivity contribution in [3.8, 4) is 11.3 Å². The minimum Gasteiger partial charge on any atom is -0.414 e. The second-order valence-corrected chi connectivity index (χ2v) is 16.8. The Balaban J connectivity index is 1.80. The molecular weight excluding hydrogens is 516 g/mol. The van der Waals surface area contributed by atoms with Crippen molar-refractivity contribution in [1.29, 1.82) is 0 Å². The number of benzene rings is 1. The lowest BCUT2D eigenvalue weighted by Gasteiger charge is -2.37. The van der Waals surface area contributed by atoms with Crippen molar-refractivity contribution in [2.75, 3.05) is 13.7 Å². The Morgan fingerprint density at radius 1 is 1.08 bits per heavy atom. The molecule has 1 aromatic heterocycles. The van der Waals surface area contributed by atoms with E-state index in [9.17, 15) is 9.59 Å². The van der Waals surface area contributed by atoms with Crippen LogP contribution in [0.1, 0.15) is 40.8 Å². The number of nitrogens with zero attached hydrogens (tertiary/aromatic N) is 2. The van der Waals surface area contributed by atoms with Crippen LogP contribution in [0.15, 0.2) is 39.9 Å². The highest BCUT2D eigenvalue weighted by atomic mass is 35.5. The van der Waals surface area contributed by atoms with Crippen molar-refractivity contribution in [2.45, 2.75) is 89.8 Å². The van der Waals surface area contributed by atoms with Crippen LogP contribution in [0.3, 0.4) is 0 Å². The third kappa shape index (κ3) is 5.52. The van der Waals surface area contributed by atoms with Crippen molar-refractivity contribution in [3.05, 3.63) is 56.2 Å². The van der Waals surface area contributed by atoms with Gasteiger partial charge >= 0.3 is 5.69 Å². The number of hydrogen-bond donors (Lipinski definition) is 0. The summed E-state index contributed by atoms with van der Waals surface area (Å²) in [6.07, 6.45) is -2.39. The molecule has 2 saturated heterocycles. The molecule has 4 rings (SSSR count). The summed E-state index contributed by atoms with van der Waals surface area (Å²) in [5.74, 6) is -0.877. The topological polar surface area (TPSA) is 90.2 Å². The zero-order valence-corrected chi connectivity index (χ0v) is 24.5. The predicted octanol–water partition coefficient (Wildman–Crippen LogP) is 4.37. The zero-order valence-electron chi connectivity index (χ0n) is 22.7. The van der Waals surface area contributed by atoms with Crippen LogP contribution < -0.4 is 11.2 Å². The van der Waals surface area contributed by atoms with Crippen LogP contribution in [-0.4, -0.2) is 55.3 Å². The molecule has 0 bridgehead atoms. The van der Waals surface area contributed by atoms with Gasteiger partial charge in [-0.2, -0.15) is 0 Å². The first-order valence-corrected chi connectivity index (χ1v) is 15.7. The molecule has 2 aromatic rings. The van der Waals surface area contributed by atoms with Gasteiger partial charge in [0.05, 0.1) is 12.3 Å². The number of hydrogen-bond acceptors (Lipinski definition) is 7. The van der Waals surface area contributed by atoms with Gasteiger partial charge in [0, 0.05) is 18.2 Å². The van der Waals surface area contributed by atoms with Gasteiger partial charge in [-0.1, -0.05) is 44.5 Å². The van der Waals surface area contributed by atoms with E-state index in [4.69, 9.17) is 35.0 Å². The largest absolute Gasteiger partial charge is 0.414 e. The first-order valence-electron chi connectivity index (χ1n) is 12.4. The monoisotopic (exact) mass is 552 g/mol. The summed E-state index contributed by atoms with van der Waals surface area (Å²) in [5, 5.41) is 0.560. The quantitative estimate of drug-likeness (QED) is 0.471. The predicted molar refractivity (Wildman–Crippen MR) is 143 cm³/mol. The van der Waals surface area contributed by atoms with Gasteiger partial charge in [0.1, 0.15) is 25.0 Å². The van der Waals surface area contributed by atoms with Crippen molar-refractivity contribution >= 4 is 19.9 Å². The number of rotatable bonds is 7. The van der Waals surface area contributed by atoms with Crippen LogP contribution in [0.5, 0.6) is 0 Å². The van der Waals surface area contributed by atoms with Crippen LogP contribution >= 0.6 is 11.6 Å². The second-order valence-electron chi connectivity index (χ2n) is 11.6. The molecule has 2 fully saturated rings. The van der Waals surface area contributed by atoms with Crippen molar-refractivity contribution < 1.29 is 23.4 Å². The van der Waals surface area contributed by atoms with Gasteiger partial charge < -0.3 is 23.4 Å². The van der Waals surface area contributed by atoms with Crippen LogP contribution in [0, 0.1) is 0 Å². The number of fused-ring (bicyclic) bond motifs is 1. The molecule has 4 atom stereocenters. The molecule has 0 aliphatic carbocycles. The van der Waals surface area contributed by atoms with Crippen molar-refractivity contribution in [1.82, 2.24) is 9.13 Å². The smallest absolute Gasteiger partial charge is 0.335 e. The molecular formula is C26H37ClN2O7Si. The second kappa shape index (κ2) is 10.1. The lowest BCUT2D eigenvalue weighted by atomic mass is 10.1. The Morgan fingerprint density at radius 2 is 1.70 bits per heavy atom. The molecule has 0 N–H and O–H groups in total. The highest BCUT2D eigenvalue weighted by Crippen LogP contribution is 2.45. The molecule has 11 heteroatoms. The lowest BCUT2D eigenvalue weighted by Crippen LogP contribution is -2.44. The van der Waals surface area contributed by atoms with E-state index in [1.165, 1.54) is 17.7 Å². The van der Waals surface area contributed by atoms with E-state index in [-0.39, 0.29) is 11.8 Å². The van der Waals surface area contributed by atoms with E-state index in [1.54, 1.807) is 24.3 Å². The highest BCUT2D eigenvalue weighted by Gasteiger charge is 2.57. The average Bonchev–Trinajstić information content (AvgIpc) is 3.28. The van der Waals surface area contributed by atoms with E-state index < -0.39 is 49.9 Å². The molecule has 1 aromatic carbocycles. The van der Waals surface area contributed by atoms with E-state index in [1.807, 2.05) is 13.8 Å². The van der Waals surface area contributed by atoms with E-state index in [2.05, 4.69) is 33.9 Å². The Morgan fingerprint density at radius 3 is 2.30 bits per heavy atom. The molecule has 0 radical (unpaired) electrons. The maximum absolute atomic E-state index is 13.8. The minimum atomic E-state index is -2.08. The molecule has 37 heavy (non-hydrogen) atoms. The van der Waals surface area contributed by atoms with Crippen LogP contribution in [0.25, 0.3) is 11.3 Å². The van der Waals surface area contributed by atoms with Crippen LogP contribution in [-0.2, 0) is 30.1 Å². The molecule has 0 saturated carbocycles. The fraction of sp³-hybridized carbons (Fsp3) is 0.615. The summed E-state index contributed by atoms with van der Waals surface area (Å²) in [7, 11) is -0.653. The number of ether oxygens (including phenoxy) is 4. The van der Waals surface area contributed by atoms with Gasteiger partial charge in [0.25, 0.3) is 5.56 Å². The fourth-order valence-corrected chi connectivity index (χ4v) is 5.58. The standard InChI is InChI=1S/C26H37ClN2O7Si/c1-25(2,3)37(7,8)33-14-19-21-22(36-26(4,5)35-21)23(34-19)29-18(16-9-11-17(27)12-10-16)13-20(30)28(15-32-6)24(29)31/h9-13,19,21-23H,14-15H2,1-8H3/t19-,21-,22-,23-/m1/s1. The Labute approximate surface area is 223 Å². The molecule has 3 heterocycles. The van der Waals surface area contributed by atoms with Gasteiger partial charge in [-0.25, -0.2) is 9.36 Å². The molecule has 0 amide bonds. The summed E-state index contributed by atoms with van der Waals surface area (Å²) in [6.45, 7) is 14.7. The van der Waals surface area contributed by atoms with Crippen LogP contribution in [0.2, 0.25) is 23.2 Å². The maximum Gasteiger partial charge on any atom is 0.335 e. The zero-order chi connectivity index (χ0) is 27.3. The molecule has 0 spiro atoms. The SMILES string of the molecule is COCn1c(=O)cc(-c2ccc(Cl)cc2)n([C@@H]2O[C@H](CO[Si](C)(C)C(C)(C)C)[C@H]3OC(C)(C)O[C@H]32)c1=O. The summed E-state index contributed by atoms with van der Waals surface area (Å²) >= 11 is 6.10. The summed E-state index contributed by atoms with van der Waals surface area (Å²) < 4.78 is 33.1. The first kappa shape index (κ1) is 28.2. The summed E-state index contributed by atoms with van der Waals surface area (Å²) in [5.41, 5.74) is -0.0174. The van der Waals surface area contributed by atoms with E-state index in [0.717, 1.165) is 4.57 Å². The third-order valence-corrected chi connectivity index (χ3v) is 12.2. The Bertz CT molecular complexity index is 1250. The average molecular weight is 553 g/mol. The van der Waals surface area contributed by atoms with Crippen molar-refractivity contribution in [2.24, 2.45) is 0 Å². The first-order chi connectivity index (χ1) is 17.1. The third-order valence-electron chi connectivity index (χ3n) is 7.42. The summed E-state index contributed by atoms with van der Waals surface area (Å²) in [4.78, 5) is 26.6. The highest BCUT2D eigenvalue weighted by molar-refractivity contribution is 6.74. The molecule has 204 valence electrons. The number of aromatic nitrogens is 2. The maximum atomic E-state index is 13.8. The van der Waals surface area contributed by atoms with Gasteiger partial charge in [-0.3, -0.25) is 9.36 Å². The molecule has 9 nitrogen and oxygen atoms in total. The van der Waals surface area contributed by atoms with Crippen LogP contribution in [0.4, 0.5) is 0 Å². The lowest BCUT2D eigenvalue weighted by molar-refractivity contribution is -0.200.